The van der Waals surface area contributed by atoms with E-state index in [1.165, 1.54) is 0 Å². The lowest BCUT2D eigenvalue weighted by molar-refractivity contribution is 0.435. The highest BCUT2D eigenvalue weighted by Gasteiger charge is 2.55. The Morgan fingerprint density at radius 2 is 1.10 bits per heavy atom. The van der Waals surface area contributed by atoms with Crippen molar-refractivity contribution in [1.29, 1.82) is 0 Å². The van der Waals surface area contributed by atoms with Crippen molar-refractivity contribution >= 4 is 45.0 Å². The molecule has 0 fully saturated rings. The molecule has 6 heterocycles. The van der Waals surface area contributed by atoms with Crippen molar-refractivity contribution in [2.75, 3.05) is 0 Å². The first kappa shape index (κ1) is 33.6. The van der Waals surface area contributed by atoms with Crippen molar-refractivity contribution in [3.05, 3.63) is 211 Å². The molecule has 6 aromatic carbocycles. The van der Waals surface area contributed by atoms with Crippen LogP contribution < -0.4 is 20.7 Å². The second-order valence-electron chi connectivity index (χ2n) is 14.9. The molecule has 10 aromatic rings. The van der Waals surface area contributed by atoms with Gasteiger partial charge in [0, 0.05) is 79.3 Å². The van der Waals surface area contributed by atoms with Gasteiger partial charge in [0.25, 0.3) is 0 Å². The van der Waals surface area contributed by atoms with Crippen LogP contribution in [0.4, 0.5) is 0 Å². The molecule has 12 rings (SSSR count). The number of hydrogen-bond acceptors (Lipinski definition) is 7. The standard InChI is InChI=1S/C51H31N4O3P/c56-59(35-10-2-1-3-11-35)48-17-9-6-14-40(48)51(41-29-37-36-12-4-7-15-44(36)57-46(37)31-49(41)59)38-13-5-8-16-45(38)58-47-28-34(18-19-39(47)51)50-54-42(32-20-24-52-25-21-32)30-43(55-50)33-22-26-53-27-23-33/h1-31H. The van der Waals surface area contributed by atoms with E-state index < -0.39 is 12.6 Å². The number of pyridine rings is 2. The lowest BCUT2D eigenvalue weighted by Gasteiger charge is -2.47. The minimum absolute atomic E-state index is 0.551. The Hall–Kier alpha value is -7.47. The molecule has 0 saturated carbocycles. The number of fused-ring (bicyclic) bond motifs is 11. The molecule has 2 aliphatic heterocycles. The van der Waals surface area contributed by atoms with Gasteiger partial charge in [-0.1, -0.05) is 103 Å². The zero-order chi connectivity index (χ0) is 39.1. The van der Waals surface area contributed by atoms with Crippen LogP contribution >= 0.6 is 7.14 Å². The summed E-state index contributed by atoms with van der Waals surface area (Å²) in [5.41, 5.74) is 8.53. The topological polar surface area (TPSA) is 91.0 Å². The summed E-state index contributed by atoms with van der Waals surface area (Å²) in [6.07, 6.45) is 7.07. The molecule has 2 aliphatic rings. The van der Waals surface area contributed by atoms with Gasteiger partial charge in [0.1, 0.15) is 22.7 Å². The van der Waals surface area contributed by atoms with Gasteiger partial charge in [-0.3, -0.25) is 9.97 Å². The zero-order valence-electron chi connectivity index (χ0n) is 31.4. The minimum atomic E-state index is -3.47. The van der Waals surface area contributed by atoms with Crippen LogP contribution in [0.25, 0.3) is 55.8 Å². The number of ether oxygens (including phenoxy) is 1. The second-order valence-corrected chi connectivity index (χ2v) is 17.6. The van der Waals surface area contributed by atoms with Gasteiger partial charge in [-0.05, 0) is 71.8 Å². The van der Waals surface area contributed by atoms with Gasteiger partial charge in [-0.15, -0.1) is 0 Å². The van der Waals surface area contributed by atoms with Crippen molar-refractivity contribution in [2.24, 2.45) is 0 Å². The van der Waals surface area contributed by atoms with Gasteiger partial charge in [0.2, 0.25) is 0 Å². The van der Waals surface area contributed by atoms with Gasteiger partial charge >= 0.3 is 0 Å². The molecule has 0 aliphatic carbocycles. The number of nitrogens with zero attached hydrogens (tertiary/aromatic N) is 4. The first-order chi connectivity index (χ1) is 29.1. The van der Waals surface area contributed by atoms with Gasteiger partial charge in [0.05, 0.1) is 16.8 Å². The van der Waals surface area contributed by atoms with Crippen molar-refractivity contribution < 1.29 is 13.7 Å². The highest BCUT2D eigenvalue weighted by atomic mass is 31.2. The Balaban J connectivity index is 1.17. The lowest BCUT2D eigenvalue weighted by atomic mass is 9.63. The number of benzene rings is 6. The maximum absolute atomic E-state index is 16.4. The van der Waals surface area contributed by atoms with E-state index in [0.717, 1.165) is 88.4 Å². The van der Waals surface area contributed by atoms with E-state index in [0.29, 0.717) is 17.2 Å². The molecule has 59 heavy (non-hydrogen) atoms. The lowest BCUT2D eigenvalue weighted by Crippen LogP contribution is -2.47. The van der Waals surface area contributed by atoms with Crippen LogP contribution in [-0.4, -0.2) is 19.9 Å². The zero-order valence-corrected chi connectivity index (χ0v) is 32.3. The van der Waals surface area contributed by atoms with E-state index in [1.807, 2.05) is 109 Å². The van der Waals surface area contributed by atoms with Gasteiger partial charge in [-0.2, -0.15) is 0 Å². The molecule has 2 atom stereocenters. The SMILES string of the molecule is O=P1(c2ccccc2)c2ccccc2C2(c3ccccc3Oc3cc(-c4nc(-c5ccncc5)cc(-c5ccncc5)n4)ccc32)c2cc3c(cc21)oc1ccccc13. The second kappa shape index (κ2) is 12.8. The van der Waals surface area contributed by atoms with Crippen molar-refractivity contribution in [3.63, 3.8) is 0 Å². The first-order valence-electron chi connectivity index (χ1n) is 19.4. The quantitative estimate of drug-likeness (QED) is 0.164. The van der Waals surface area contributed by atoms with E-state index in [4.69, 9.17) is 19.1 Å². The first-order valence-corrected chi connectivity index (χ1v) is 21.2. The Bertz CT molecular complexity index is 3300. The smallest absolute Gasteiger partial charge is 0.171 e. The van der Waals surface area contributed by atoms with Crippen LogP contribution in [0, 0.1) is 0 Å². The number of aromatic nitrogens is 4. The van der Waals surface area contributed by atoms with E-state index in [1.54, 1.807) is 24.8 Å². The van der Waals surface area contributed by atoms with Crippen LogP contribution in [-0.2, 0) is 9.98 Å². The predicted molar refractivity (Wildman–Crippen MR) is 233 cm³/mol. The molecule has 0 N–H and O–H groups in total. The van der Waals surface area contributed by atoms with E-state index in [2.05, 4.69) is 64.6 Å². The summed E-state index contributed by atoms with van der Waals surface area (Å²) in [6, 6.07) is 54.8. The highest BCUT2D eigenvalue weighted by Crippen LogP contribution is 2.62. The molecule has 2 unspecified atom stereocenters. The average molecular weight is 779 g/mol. The van der Waals surface area contributed by atoms with Crippen LogP contribution in [0.5, 0.6) is 11.5 Å². The maximum Gasteiger partial charge on any atom is 0.171 e. The molecule has 0 saturated heterocycles. The van der Waals surface area contributed by atoms with Crippen LogP contribution in [0.2, 0.25) is 0 Å². The summed E-state index contributed by atoms with van der Waals surface area (Å²) in [5.74, 6) is 1.93. The predicted octanol–water partition coefficient (Wildman–Crippen LogP) is 10.6. The van der Waals surface area contributed by atoms with Crippen LogP contribution in [0.15, 0.2) is 193 Å². The molecule has 0 radical (unpaired) electrons. The average Bonchev–Trinajstić information content (AvgIpc) is 3.68. The summed E-state index contributed by atoms with van der Waals surface area (Å²) >= 11 is 0. The summed E-state index contributed by atoms with van der Waals surface area (Å²) in [4.78, 5) is 18.7. The van der Waals surface area contributed by atoms with Crippen LogP contribution in [0.3, 0.4) is 0 Å². The summed E-state index contributed by atoms with van der Waals surface area (Å²) in [6.45, 7) is 0. The summed E-state index contributed by atoms with van der Waals surface area (Å²) < 4.78 is 29.9. The molecule has 4 aromatic heterocycles. The Morgan fingerprint density at radius 1 is 0.458 bits per heavy atom. The monoisotopic (exact) mass is 778 g/mol. The van der Waals surface area contributed by atoms with E-state index in [9.17, 15) is 0 Å². The fourth-order valence-corrected chi connectivity index (χ4v) is 12.4. The van der Waals surface area contributed by atoms with Crippen molar-refractivity contribution in [2.45, 2.75) is 5.41 Å². The van der Waals surface area contributed by atoms with Crippen LogP contribution in [0.1, 0.15) is 22.3 Å². The van der Waals surface area contributed by atoms with Crippen molar-refractivity contribution in [1.82, 2.24) is 19.9 Å². The molecule has 1 spiro atoms. The minimum Gasteiger partial charge on any atom is -0.457 e. The van der Waals surface area contributed by atoms with Crippen molar-refractivity contribution in [3.8, 4) is 45.4 Å². The Kier molecular flexibility index (Phi) is 7.28. The summed E-state index contributed by atoms with van der Waals surface area (Å²) in [7, 11) is -3.47. The fraction of sp³-hybridized carbons (Fsp3) is 0.0196. The fourth-order valence-electron chi connectivity index (χ4n) is 9.26. The number of furan rings is 1. The molecule has 278 valence electrons. The Labute approximate surface area is 339 Å². The van der Waals surface area contributed by atoms with E-state index >= 15 is 4.57 Å². The van der Waals surface area contributed by atoms with Gasteiger partial charge < -0.3 is 13.7 Å². The molecule has 0 bridgehead atoms. The Morgan fingerprint density at radius 3 is 1.86 bits per heavy atom. The summed E-state index contributed by atoms with van der Waals surface area (Å²) in [5, 5.41) is 4.27. The number of para-hydroxylation sites is 2. The molecule has 0 amide bonds. The molecule has 7 nitrogen and oxygen atoms in total. The third-order valence-corrected chi connectivity index (χ3v) is 15.0. The largest absolute Gasteiger partial charge is 0.457 e. The van der Waals surface area contributed by atoms with Gasteiger partial charge in [0.15, 0.2) is 13.0 Å². The van der Waals surface area contributed by atoms with Gasteiger partial charge in [-0.25, -0.2) is 9.97 Å². The molecule has 8 heteroatoms. The number of rotatable bonds is 4. The normalized spacial score (nSPS) is 17.5. The highest BCUT2D eigenvalue weighted by molar-refractivity contribution is 7.85. The molecular weight excluding hydrogens is 748 g/mol. The number of hydrogen-bond donors (Lipinski definition) is 0. The molecular formula is C51H31N4O3P. The maximum atomic E-state index is 16.4. The third kappa shape index (κ3) is 4.86. The van der Waals surface area contributed by atoms with E-state index in [-0.39, 0.29) is 0 Å². The third-order valence-electron chi connectivity index (χ3n) is 11.8.